The Kier molecular flexibility index (Phi) is 7.68. The van der Waals surface area contributed by atoms with Crippen LogP contribution in [0.15, 0.2) is 48.8 Å². The van der Waals surface area contributed by atoms with E-state index in [0.717, 1.165) is 11.1 Å². The van der Waals surface area contributed by atoms with Crippen molar-refractivity contribution in [1.82, 2.24) is 30.2 Å². The van der Waals surface area contributed by atoms with Gasteiger partial charge in [-0.3, -0.25) is 4.79 Å². The number of nitrogens with two attached hydrogens (primary N) is 2. The lowest BCUT2D eigenvalue weighted by atomic mass is 10.1. The van der Waals surface area contributed by atoms with Crippen LogP contribution in [0.25, 0.3) is 34.0 Å². The molecule has 4 rings (SSSR count). The second kappa shape index (κ2) is 11.3. The molecule has 0 fully saturated rings. The lowest BCUT2D eigenvalue weighted by Gasteiger charge is -2.08. The van der Waals surface area contributed by atoms with Crippen LogP contribution in [0, 0.1) is 0 Å². The largest absolute Gasteiger partial charge is 0.504 e. The molecule has 0 aliphatic rings. The van der Waals surface area contributed by atoms with E-state index >= 15 is 0 Å². The van der Waals surface area contributed by atoms with Crippen molar-refractivity contribution in [2.75, 3.05) is 37.9 Å². The van der Waals surface area contributed by atoms with Crippen LogP contribution < -0.4 is 22.1 Å². The number of nitrogens with zero attached hydrogens (tertiary/aromatic N) is 4. The summed E-state index contributed by atoms with van der Waals surface area (Å²) in [5.74, 6) is 0.661. The Morgan fingerprint density at radius 3 is 2.64 bits per heavy atom. The second-order valence-corrected chi connectivity index (χ2v) is 7.81. The minimum Gasteiger partial charge on any atom is -0.504 e. The Morgan fingerprint density at radius 2 is 1.92 bits per heavy atom. The van der Waals surface area contributed by atoms with Gasteiger partial charge in [-0.05, 0) is 17.7 Å². The summed E-state index contributed by atoms with van der Waals surface area (Å²) in [5, 5.41) is 15.9. The van der Waals surface area contributed by atoms with Crippen LogP contribution in [0.1, 0.15) is 5.56 Å². The van der Waals surface area contributed by atoms with E-state index in [9.17, 15) is 9.90 Å². The van der Waals surface area contributed by atoms with Gasteiger partial charge >= 0.3 is 0 Å². The fourth-order valence-corrected chi connectivity index (χ4v) is 3.44. The maximum absolute atomic E-state index is 11.5. The third-order valence-electron chi connectivity index (χ3n) is 5.26. The Hall–Kier alpha value is -4.55. The zero-order chi connectivity index (χ0) is 25.5. The number of aromatic hydroxyl groups is 1. The van der Waals surface area contributed by atoms with Crippen LogP contribution in [0.4, 0.5) is 11.8 Å². The number of carbonyl (C=O) groups excluding carboxylic acids is 1. The zero-order valence-electron chi connectivity index (χ0n) is 19.7. The van der Waals surface area contributed by atoms with Crippen LogP contribution in [-0.2, 0) is 16.1 Å². The van der Waals surface area contributed by atoms with E-state index < -0.39 is 0 Å². The van der Waals surface area contributed by atoms with Gasteiger partial charge in [0.15, 0.2) is 11.6 Å². The van der Waals surface area contributed by atoms with Gasteiger partial charge in [-0.1, -0.05) is 24.3 Å². The van der Waals surface area contributed by atoms with Crippen molar-refractivity contribution in [1.29, 1.82) is 0 Å². The third kappa shape index (κ3) is 5.74. The smallest absolute Gasteiger partial charge is 0.246 e. The van der Waals surface area contributed by atoms with E-state index in [4.69, 9.17) is 21.2 Å². The zero-order valence-corrected chi connectivity index (χ0v) is 19.7. The molecule has 4 aromatic rings. The molecule has 3 heterocycles. The molecular weight excluding hydrogens is 462 g/mol. The maximum atomic E-state index is 11.5. The fraction of sp³-hybridized carbons (Fsp3) is 0.208. The number of hydrogen-bond acceptors (Lipinski definition) is 10. The number of ether oxygens (including phenoxy) is 1. The molecule has 0 aliphatic heterocycles. The second-order valence-electron chi connectivity index (χ2n) is 7.81. The van der Waals surface area contributed by atoms with Gasteiger partial charge in [0.25, 0.3) is 0 Å². The van der Waals surface area contributed by atoms with Crippen LogP contribution in [-0.4, -0.2) is 62.7 Å². The van der Waals surface area contributed by atoms with Gasteiger partial charge in [0.2, 0.25) is 11.9 Å². The molecule has 0 saturated heterocycles. The number of methoxy groups -OCH3 is 1. The average molecular weight is 490 g/mol. The normalized spacial score (nSPS) is 10.8. The van der Waals surface area contributed by atoms with Crippen LogP contribution in [0.3, 0.4) is 0 Å². The minimum atomic E-state index is -0.205. The number of anilines is 2. The molecule has 0 aliphatic carbocycles. The van der Waals surface area contributed by atoms with E-state index in [-0.39, 0.29) is 24.1 Å². The molecule has 0 bridgehead atoms. The van der Waals surface area contributed by atoms with Gasteiger partial charge in [0, 0.05) is 50.3 Å². The molecule has 1 amide bonds. The van der Waals surface area contributed by atoms with Crippen molar-refractivity contribution in [3.05, 3.63) is 54.4 Å². The highest BCUT2D eigenvalue weighted by Gasteiger charge is 2.18. The van der Waals surface area contributed by atoms with E-state index in [1.165, 1.54) is 13.2 Å². The fourth-order valence-electron chi connectivity index (χ4n) is 3.44. The number of nitrogens with one attached hydrogen (secondary N) is 3. The summed E-state index contributed by atoms with van der Waals surface area (Å²) in [6.45, 7) is 1.24. The predicted molar refractivity (Wildman–Crippen MR) is 136 cm³/mol. The third-order valence-corrected chi connectivity index (χ3v) is 5.26. The highest BCUT2D eigenvalue weighted by atomic mass is 16.5. The first kappa shape index (κ1) is 24.6. The number of benzene rings is 1. The summed E-state index contributed by atoms with van der Waals surface area (Å²) < 4.78 is 4.79. The molecule has 0 atom stereocenters. The van der Waals surface area contributed by atoms with Crippen molar-refractivity contribution in [2.24, 2.45) is 5.73 Å². The number of amides is 1. The van der Waals surface area contributed by atoms with Crippen LogP contribution >= 0.6 is 0 Å². The van der Waals surface area contributed by atoms with E-state index in [0.29, 0.717) is 54.1 Å². The summed E-state index contributed by atoms with van der Waals surface area (Å²) >= 11 is 0. The Morgan fingerprint density at radius 1 is 1.11 bits per heavy atom. The minimum absolute atomic E-state index is 0.00140. The molecule has 12 nitrogen and oxygen atoms in total. The van der Waals surface area contributed by atoms with Gasteiger partial charge in [-0.25, -0.2) is 19.9 Å². The molecule has 36 heavy (non-hydrogen) atoms. The van der Waals surface area contributed by atoms with Gasteiger partial charge in [0.05, 0.1) is 11.4 Å². The quantitative estimate of drug-likeness (QED) is 0.178. The molecular formula is C24H27N9O3. The van der Waals surface area contributed by atoms with E-state index in [2.05, 4.69) is 30.6 Å². The lowest BCUT2D eigenvalue weighted by molar-refractivity contribution is -0.124. The summed E-state index contributed by atoms with van der Waals surface area (Å²) in [6.07, 6.45) is 3.16. The number of pyridine rings is 1. The van der Waals surface area contributed by atoms with Crippen molar-refractivity contribution < 1.29 is 14.6 Å². The van der Waals surface area contributed by atoms with E-state index in [1.807, 2.05) is 24.3 Å². The molecule has 0 saturated carbocycles. The molecule has 1 aromatic carbocycles. The first-order valence-electron chi connectivity index (χ1n) is 11.2. The van der Waals surface area contributed by atoms with Crippen molar-refractivity contribution in [2.45, 2.75) is 6.54 Å². The highest BCUT2D eigenvalue weighted by Crippen LogP contribution is 2.34. The van der Waals surface area contributed by atoms with Crippen LogP contribution in [0.5, 0.6) is 5.75 Å². The molecule has 186 valence electrons. The lowest BCUT2D eigenvalue weighted by Crippen LogP contribution is -2.31. The van der Waals surface area contributed by atoms with Crippen molar-refractivity contribution in [3.8, 4) is 39.8 Å². The maximum Gasteiger partial charge on any atom is 0.246 e. The SMILES string of the molecule is COCC(=O)NCCNc1nccc(-c2[nH]c(-c3ccc(CN)cc3)nc2-c2cnc(N)c(O)c2)n1. The van der Waals surface area contributed by atoms with Crippen molar-refractivity contribution in [3.63, 3.8) is 0 Å². The first-order chi connectivity index (χ1) is 17.5. The number of hydrogen-bond donors (Lipinski definition) is 6. The standard InChI is InChI=1S/C24H27N9O3/c1-36-13-19(35)27-8-9-29-24-28-7-6-17(31-24)21-20(16-10-18(34)22(26)30-12-16)32-23(33-21)15-4-2-14(11-25)3-5-15/h2-7,10,12,34H,8-9,11,13,25H2,1H3,(H2,26,30)(H,27,35)(H,32,33)(H,28,29,31). The number of aromatic nitrogens is 5. The Labute approximate surface area is 207 Å². The molecule has 8 N–H and O–H groups in total. The van der Waals surface area contributed by atoms with Gasteiger partial charge < -0.3 is 36.9 Å². The molecule has 3 aromatic heterocycles. The van der Waals surface area contributed by atoms with Gasteiger partial charge in [0.1, 0.15) is 18.1 Å². The number of imidazole rings is 1. The topological polar surface area (TPSA) is 190 Å². The molecule has 0 radical (unpaired) electrons. The first-order valence-corrected chi connectivity index (χ1v) is 11.2. The molecule has 12 heteroatoms. The number of carbonyl (C=O) groups is 1. The molecule has 0 unspecified atom stereocenters. The highest BCUT2D eigenvalue weighted by molar-refractivity contribution is 5.81. The van der Waals surface area contributed by atoms with E-state index in [1.54, 1.807) is 18.5 Å². The number of aromatic amines is 1. The van der Waals surface area contributed by atoms with Gasteiger partial charge in [-0.15, -0.1) is 0 Å². The Balaban J connectivity index is 1.65. The average Bonchev–Trinajstić information content (AvgIpc) is 3.34. The van der Waals surface area contributed by atoms with Crippen molar-refractivity contribution >= 4 is 17.7 Å². The van der Waals surface area contributed by atoms with Crippen LogP contribution in [0.2, 0.25) is 0 Å². The summed E-state index contributed by atoms with van der Waals surface area (Å²) in [7, 11) is 1.46. The number of rotatable bonds is 10. The van der Waals surface area contributed by atoms with Gasteiger partial charge in [-0.2, -0.15) is 0 Å². The summed E-state index contributed by atoms with van der Waals surface area (Å²) in [4.78, 5) is 32.6. The predicted octanol–water partition coefficient (Wildman–Crippen LogP) is 1.52. The number of H-pyrrole nitrogens is 1. The summed E-state index contributed by atoms with van der Waals surface area (Å²) in [5.41, 5.74) is 15.5. The monoisotopic (exact) mass is 489 g/mol. The number of nitrogen functional groups attached to an aromatic ring is 1. The summed E-state index contributed by atoms with van der Waals surface area (Å²) in [6, 6.07) is 11.0. The Bertz CT molecular complexity index is 1340. The molecule has 0 spiro atoms.